The van der Waals surface area contributed by atoms with Gasteiger partial charge in [-0.3, -0.25) is 4.90 Å². The molecular formula is C23H27F3N2O5S. The summed E-state index contributed by atoms with van der Waals surface area (Å²) in [6, 6.07) is 11.2. The quantitative estimate of drug-likeness (QED) is 0.517. The van der Waals surface area contributed by atoms with Gasteiger partial charge in [0.1, 0.15) is 10.8 Å². The van der Waals surface area contributed by atoms with Crippen LogP contribution in [0.2, 0.25) is 0 Å². The Morgan fingerprint density at radius 3 is 2.38 bits per heavy atom. The van der Waals surface area contributed by atoms with Gasteiger partial charge >= 0.3 is 18.2 Å². The van der Waals surface area contributed by atoms with Crippen LogP contribution in [0.1, 0.15) is 36.8 Å². The fourth-order valence-electron chi connectivity index (χ4n) is 4.53. The van der Waals surface area contributed by atoms with Crippen LogP contribution in [0.4, 0.5) is 23.0 Å². The molecule has 0 radical (unpaired) electrons. The maximum atomic E-state index is 12.1. The van der Waals surface area contributed by atoms with Crippen molar-refractivity contribution in [3.8, 4) is 5.75 Å². The fraction of sp³-hybridized carbons (Fsp3) is 0.478. The Bertz CT molecular complexity index is 985. The van der Waals surface area contributed by atoms with Crippen LogP contribution < -0.4 is 15.0 Å². The summed E-state index contributed by atoms with van der Waals surface area (Å²) in [4.78, 5) is 22.5. The number of nitrogens with zero attached hydrogens (tertiary/aromatic N) is 1. The topological polar surface area (TPSA) is 99.1 Å². The third-order valence-corrected chi connectivity index (χ3v) is 6.96. The van der Waals surface area contributed by atoms with E-state index in [0.717, 1.165) is 34.7 Å². The molecule has 2 aliphatic rings. The molecule has 2 saturated heterocycles. The Balaban J connectivity index is 0.000000406. The molecule has 2 unspecified atom stereocenters. The smallest absolute Gasteiger partial charge is 0.490 e. The second kappa shape index (κ2) is 11.1. The highest BCUT2D eigenvalue weighted by Gasteiger charge is 2.38. The minimum absolute atomic E-state index is 0.437. The molecule has 3 heterocycles. The highest BCUT2D eigenvalue weighted by atomic mass is 32.1. The van der Waals surface area contributed by atoms with Crippen LogP contribution >= 0.6 is 11.3 Å². The third kappa shape index (κ3) is 6.86. The van der Waals surface area contributed by atoms with Gasteiger partial charge < -0.3 is 20.3 Å². The van der Waals surface area contributed by atoms with Crippen LogP contribution in [0.15, 0.2) is 35.7 Å². The minimum Gasteiger partial charge on any atom is -0.497 e. The van der Waals surface area contributed by atoms with Crippen molar-refractivity contribution in [2.75, 3.05) is 18.6 Å². The summed E-state index contributed by atoms with van der Waals surface area (Å²) in [6.45, 7) is 0.593. The van der Waals surface area contributed by atoms with Crippen molar-refractivity contribution in [2.24, 2.45) is 5.92 Å². The molecule has 2 fully saturated rings. The van der Waals surface area contributed by atoms with Gasteiger partial charge in [-0.15, -0.1) is 11.3 Å². The number of rotatable bonds is 6. The van der Waals surface area contributed by atoms with Crippen molar-refractivity contribution in [3.05, 3.63) is 46.8 Å². The summed E-state index contributed by atoms with van der Waals surface area (Å²) in [5.41, 5.74) is 2.19. The molecule has 11 heteroatoms. The molecule has 0 saturated carbocycles. The number of alkyl halides is 3. The molecule has 2 aliphatic heterocycles. The molecule has 186 valence electrons. The normalized spacial score (nSPS) is 21.4. The van der Waals surface area contributed by atoms with E-state index in [2.05, 4.69) is 11.4 Å². The molecule has 2 bridgehead atoms. The van der Waals surface area contributed by atoms with Crippen molar-refractivity contribution in [1.82, 2.24) is 5.32 Å². The number of carboxylic acids is 1. The fourth-order valence-corrected chi connectivity index (χ4v) is 5.46. The lowest BCUT2D eigenvalue weighted by Crippen LogP contribution is -2.43. The number of methoxy groups -OCH3 is 1. The molecule has 2 aromatic rings. The average Bonchev–Trinajstić information content (AvgIpc) is 3.37. The molecule has 0 spiro atoms. The lowest BCUT2D eigenvalue weighted by atomic mass is 9.92. The number of halogens is 3. The first-order chi connectivity index (χ1) is 16.1. The monoisotopic (exact) mass is 500 g/mol. The molecule has 0 aliphatic carbocycles. The molecule has 34 heavy (non-hydrogen) atoms. The van der Waals surface area contributed by atoms with Crippen LogP contribution in [0.3, 0.4) is 0 Å². The first-order valence-electron chi connectivity index (χ1n) is 10.8. The Kier molecular flexibility index (Phi) is 8.42. The number of ether oxygens (including phenoxy) is 1. The number of hydrogen-bond acceptors (Lipinski definition) is 5. The van der Waals surface area contributed by atoms with Gasteiger partial charge in [-0.25, -0.2) is 9.59 Å². The van der Waals surface area contributed by atoms with Crippen molar-refractivity contribution in [1.29, 1.82) is 0 Å². The Morgan fingerprint density at radius 2 is 1.82 bits per heavy atom. The van der Waals surface area contributed by atoms with E-state index < -0.39 is 18.2 Å². The molecule has 7 nitrogen and oxygen atoms in total. The number of piperidine rings is 1. The lowest BCUT2D eigenvalue weighted by Gasteiger charge is -2.32. The van der Waals surface area contributed by atoms with Gasteiger partial charge in [0.15, 0.2) is 0 Å². The van der Waals surface area contributed by atoms with Gasteiger partial charge in [0.05, 0.1) is 7.11 Å². The lowest BCUT2D eigenvalue weighted by molar-refractivity contribution is -0.192. The number of nitrogens with one attached hydrogen (secondary N) is 1. The summed E-state index contributed by atoms with van der Waals surface area (Å²) < 4.78 is 37.0. The zero-order valence-corrected chi connectivity index (χ0v) is 19.4. The number of fused-ring (bicyclic) bond motifs is 2. The Morgan fingerprint density at radius 1 is 1.18 bits per heavy atom. The standard InChI is InChI=1S/C21H26N2O3S.C2HF3O2/c1-26-19-4-2-3-14(12-19)9-16-7-8-27-20(16)23(21(24)25)13-15-10-17-5-6-18(11-15)22-17;3-2(4,5)1(6)7/h2-4,7-8,12,15,17-18,22H,5-6,9-11,13H2,1H3,(H,24,25);(H,6,7). The van der Waals surface area contributed by atoms with Gasteiger partial charge in [0, 0.05) is 25.0 Å². The van der Waals surface area contributed by atoms with Crippen LogP contribution in [0.25, 0.3) is 0 Å². The van der Waals surface area contributed by atoms with Crippen molar-refractivity contribution in [3.63, 3.8) is 0 Å². The zero-order chi connectivity index (χ0) is 24.9. The van der Waals surface area contributed by atoms with Crippen molar-refractivity contribution >= 4 is 28.4 Å². The summed E-state index contributed by atoms with van der Waals surface area (Å²) >= 11 is 1.52. The maximum Gasteiger partial charge on any atom is 0.490 e. The number of amides is 1. The van der Waals surface area contributed by atoms with E-state index in [1.807, 2.05) is 29.6 Å². The van der Waals surface area contributed by atoms with E-state index in [1.165, 1.54) is 24.2 Å². The van der Waals surface area contributed by atoms with E-state index in [0.29, 0.717) is 31.0 Å². The number of hydrogen-bond donors (Lipinski definition) is 3. The van der Waals surface area contributed by atoms with Gasteiger partial charge in [-0.2, -0.15) is 13.2 Å². The number of benzene rings is 1. The SMILES string of the molecule is COc1cccc(Cc2ccsc2N(CC2CC3CCC(C2)N3)C(=O)O)c1.O=C(O)C(F)(F)F. The second-order valence-electron chi connectivity index (χ2n) is 8.45. The molecular weight excluding hydrogens is 473 g/mol. The van der Waals surface area contributed by atoms with Gasteiger partial charge in [0.2, 0.25) is 0 Å². The molecule has 4 rings (SSSR count). The molecule has 1 amide bonds. The highest BCUT2D eigenvalue weighted by Crippen LogP contribution is 2.35. The first kappa shape index (κ1) is 25.8. The maximum absolute atomic E-state index is 12.1. The van der Waals surface area contributed by atoms with Crippen LogP contribution in [-0.4, -0.2) is 54.2 Å². The average molecular weight is 501 g/mol. The van der Waals surface area contributed by atoms with E-state index >= 15 is 0 Å². The summed E-state index contributed by atoms with van der Waals surface area (Å²) in [6.07, 6.45) is -0.608. The van der Waals surface area contributed by atoms with Crippen LogP contribution in [-0.2, 0) is 11.2 Å². The van der Waals surface area contributed by atoms with Crippen molar-refractivity contribution in [2.45, 2.75) is 50.4 Å². The van der Waals surface area contributed by atoms with Crippen LogP contribution in [0, 0.1) is 5.92 Å². The molecule has 1 aromatic carbocycles. The third-order valence-electron chi connectivity index (χ3n) is 5.98. The Labute approximate surface area is 199 Å². The first-order valence-corrected chi connectivity index (χ1v) is 11.7. The highest BCUT2D eigenvalue weighted by molar-refractivity contribution is 7.14. The number of aliphatic carboxylic acids is 1. The van der Waals surface area contributed by atoms with E-state index in [9.17, 15) is 23.1 Å². The van der Waals surface area contributed by atoms with Gasteiger partial charge in [-0.05, 0) is 66.3 Å². The summed E-state index contributed by atoms with van der Waals surface area (Å²) in [7, 11) is 1.66. The van der Waals surface area contributed by atoms with Gasteiger partial charge in [0.25, 0.3) is 0 Å². The summed E-state index contributed by atoms with van der Waals surface area (Å²) in [5.74, 6) is -1.50. The molecule has 1 aromatic heterocycles. The summed E-state index contributed by atoms with van der Waals surface area (Å²) in [5, 5.41) is 23.5. The zero-order valence-electron chi connectivity index (χ0n) is 18.5. The van der Waals surface area contributed by atoms with Gasteiger partial charge in [-0.1, -0.05) is 12.1 Å². The number of carbonyl (C=O) groups is 2. The van der Waals surface area contributed by atoms with E-state index in [1.54, 1.807) is 12.0 Å². The number of thiophene rings is 1. The number of carboxylic acid groups (broad SMARTS) is 2. The largest absolute Gasteiger partial charge is 0.497 e. The molecule has 2 atom stereocenters. The molecule has 3 N–H and O–H groups in total. The van der Waals surface area contributed by atoms with Crippen LogP contribution in [0.5, 0.6) is 5.75 Å². The predicted octanol–water partition coefficient (Wildman–Crippen LogP) is 5.00. The second-order valence-corrected chi connectivity index (χ2v) is 9.35. The predicted molar refractivity (Wildman–Crippen MR) is 122 cm³/mol. The Hall–Kier alpha value is -2.79. The number of anilines is 1. The van der Waals surface area contributed by atoms with Crippen molar-refractivity contribution < 1.29 is 37.7 Å². The minimum atomic E-state index is -5.08. The van der Waals surface area contributed by atoms with E-state index in [4.69, 9.17) is 14.6 Å². The van der Waals surface area contributed by atoms with E-state index in [-0.39, 0.29) is 0 Å².